The number of anilines is 2. The fourth-order valence-corrected chi connectivity index (χ4v) is 6.50. The molecule has 2 saturated heterocycles. The van der Waals surface area contributed by atoms with E-state index in [4.69, 9.17) is 21.1 Å². The fourth-order valence-electron chi connectivity index (χ4n) is 6.27. The minimum atomic E-state index is -4.61. The van der Waals surface area contributed by atoms with E-state index in [1.807, 2.05) is 17.9 Å². The normalized spacial score (nSPS) is 18.3. The molecule has 5 heterocycles. The number of ether oxygens (including phenoxy) is 2. The topological polar surface area (TPSA) is 152 Å². The Hall–Kier alpha value is -4.48. The Balaban J connectivity index is 1.27. The van der Waals surface area contributed by atoms with Crippen LogP contribution in [0.4, 0.5) is 24.5 Å². The minimum Gasteiger partial charge on any atom is -0.377 e. The van der Waals surface area contributed by atoms with Crippen molar-refractivity contribution in [2.24, 2.45) is 0 Å². The van der Waals surface area contributed by atoms with Crippen LogP contribution in [0.1, 0.15) is 43.3 Å². The number of aromatic nitrogens is 4. The molecule has 14 nitrogen and oxygen atoms in total. The Bertz CT molecular complexity index is 1880. The number of amides is 3. The molecule has 3 aliphatic heterocycles. The third-order valence-corrected chi connectivity index (χ3v) is 9.18. The zero-order valence-corrected chi connectivity index (χ0v) is 28.0. The summed E-state index contributed by atoms with van der Waals surface area (Å²) in [6.07, 6.45) is -1.08. The van der Waals surface area contributed by atoms with E-state index in [-0.39, 0.29) is 73.3 Å². The van der Waals surface area contributed by atoms with Gasteiger partial charge in [-0.3, -0.25) is 19.2 Å². The predicted octanol–water partition coefficient (Wildman–Crippen LogP) is 2.51. The maximum atomic E-state index is 14.1. The van der Waals surface area contributed by atoms with Gasteiger partial charge in [0.15, 0.2) is 5.82 Å². The molecule has 2 fully saturated rings. The lowest BCUT2D eigenvalue weighted by atomic mass is 10.1. The number of rotatable bonds is 9. The summed E-state index contributed by atoms with van der Waals surface area (Å²) in [7, 11) is 0. The summed E-state index contributed by atoms with van der Waals surface area (Å²) < 4.78 is 53.0. The van der Waals surface area contributed by atoms with Gasteiger partial charge in [-0.1, -0.05) is 24.6 Å². The number of carbonyl (C=O) groups is 3. The number of carbonyl (C=O) groups excluding carboxylic acids is 3. The molecule has 1 aromatic carbocycles. The maximum Gasteiger partial charge on any atom is 0.416 e. The average Bonchev–Trinajstić information content (AvgIpc) is 3.81. The molecule has 18 heteroatoms. The Morgan fingerprint density at radius 3 is 2.54 bits per heavy atom. The van der Waals surface area contributed by atoms with E-state index in [1.54, 1.807) is 9.47 Å². The second kappa shape index (κ2) is 14.8. The Morgan fingerprint density at radius 2 is 1.90 bits per heavy atom. The molecule has 3 aliphatic rings. The molecule has 0 unspecified atom stereocenters. The number of nitrogens with zero attached hydrogens (tertiary/aromatic N) is 6. The summed E-state index contributed by atoms with van der Waals surface area (Å²) in [6, 6.07) is 2.64. The molecule has 1 atom stereocenters. The van der Waals surface area contributed by atoms with Gasteiger partial charge in [-0.2, -0.15) is 22.7 Å². The molecular formula is C32H36ClF3N8O6. The van der Waals surface area contributed by atoms with Gasteiger partial charge in [-0.25, -0.2) is 0 Å². The Labute approximate surface area is 289 Å². The zero-order chi connectivity index (χ0) is 35.6. The summed E-state index contributed by atoms with van der Waals surface area (Å²) in [5.41, 5.74) is 0.141. The first-order valence-electron chi connectivity index (χ1n) is 16.3. The van der Waals surface area contributed by atoms with Crippen molar-refractivity contribution in [2.75, 3.05) is 62.8 Å². The first-order chi connectivity index (χ1) is 23.9. The van der Waals surface area contributed by atoms with Gasteiger partial charge in [-0.05, 0) is 49.5 Å². The second-order valence-electron chi connectivity index (χ2n) is 12.1. The van der Waals surface area contributed by atoms with E-state index in [9.17, 15) is 32.3 Å². The Morgan fingerprint density at radius 1 is 1.12 bits per heavy atom. The van der Waals surface area contributed by atoms with Crippen LogP contribution in [-0.4, -0.2) is 100 Å². The number of nitrogens with one attached hydrogen (secondary N) is 2. The quantitative estimate of drug-likeness (QED) is 0.340. The molecule has 268 valence electrons. The molecule has 3 aromatic rings. The van der Waals surface area contributed by atoms with Crippen LogP contribution in [-0.2, 0) is 43.0 Å². The van der Waals surface area contributed by atoms with E-state index in [0.717, 1.165) is 34.7 Å². The third-order valence-electron chi connectivity index (χ3n) is 8.87. The summed E-state index contributed by atoms with van der Waals surface area (Å²) in [5.74, 6) is -0.770. The number of alkyl halides is 3. The molecule has 0 radical (unpaired) electrons. The van der Waals surface area contributed by atoms with Gasteiger partial charge in [0.05, 0.1) is 41.7 Å². The van der Waals surface area contributed by atoms with Crippen LogP contribution < -0.4 is 21.1 Å². The van der Waals surface area contributed by atoms with E-state index in [0.29, 0.717) is 50.6 Å². The highest BCUT2D eigenvalue weighted by Gasteiger charge is 2.32. The molecule has 0 aliphatic carbocycles. The second-order valence-corrected chi connectivity index (χ2v) is 12.5. The van der Waals surface area contributed by atoms with Crippen molar-refractivity contribution in [1.82, 2.24) is 29.4 Å². The van der Waals surface area contributed by atoms with Gasteiger partial charge >= 0.3 is 6.18 Å². The van der Waals surface area contributed by atoms with Crippen molar-refractivity contribution in [3.05, 3.63) is 56.7 Å². The van der Waals surface area contributed by atoms with Crippen LogP contribution >= 0.6 is 11.6 Å². The lowest BCUT2D eigenvalue weighted by molar-refractivity contribution is -0.137. The predicted molar refractivity (Wildman–Crippen MR) is 176 cm³/mol. The summed E-state index contributed by atoms with van der Waals surface area (Å²) >= 11 is 6.11. The largest absolute Gasteiger partial charge is 0.416 e. The molecule has 0 spiro atoms. The van der Waals surface area contributed by atoms with E-state index in [1.165, 1.54) is 0 Å². The highest BCUT2D eigenvalue weighted by Crippen LogP contribution is 2.34. The molecule has 6 rings (SSSR count). The van der Waals surface area contributed by atoms with Crippen LogP contribution in [0, 0.1) is 0 Å². The van der Waals surface area contributed by atoms with Crippen LogP contribution in [0.25, 0.3) is 11.4 Å². The lowest BCUT2D eigenvalue weighted by Crippen LogP contribution is -2.53. The SMILES string of the molecule is CCc1c(N2CCN(C(=O)CNC(=O)[C@@H]3CCCO3)CC2)c(=O)n2nc(C3=CCOCC3)nc2n1CC(=O)Nc1ccc(C(F)(F)F)cc1Cl. The number of hydrogen-bond acceptors (Lipinski definition) is 9. The van der Waals surface area contributed by atoms with Gasteiger partial charge in [0.1, 0.15) is 18.3 Å². The van der Waals surface area contributed by atoms with Gasteiger partial charge in [-0.15, -0.1) is 5.10 Å². The number of fused-ring (bicyclic) bond motifs is 1. The number of piperazine rings is 1. The standard InChI is InChI=1S/C32H36ClF3N8O6/c1-2-23-27(42-11-9-41(10-12-42)26(46)17-37-29(47)24-4-3-13-50-24)30(48)44-31(39-28(40-44)19-7-14-49-15-8-19)43(23)18-25(45)38-22-6-5-20(16-21(22)33)32(34,35)36/h5-7,16,24H,2-4,8-15,17-18H2,1H3,(H,37,47)(H,38,45)/t24-/m0/s1. The molecule has 3 amide bonds. The molecule has 2 N–H and O–H groups in total. The average molecular weight is 721 g/mol. The Kier molecular flexibility index (Phi) is 10.5. The van der Waals surface area contributed by atoms with Crippen molar-refractivity contribution in [3.8, 4) is 0 Å². The molecule has 2 aromatic heterocycles. The monoisotopic (exact) mass is 720 g/mol. The van der Waals surface area contributed by atoms with Crippen molar-refractivity contribution >= 4 is 52.0 Å². The number of benzene rings is 1. The van der Waals surface area contributed by atoms with Crippen LogP contribution in [0.2, 0.25) is 5.02 Å². The van der Waals surface area contributed by atoms with E-state index in [2.05, 4.69) is 20.7 Å². The van der Waals surface area contributed by atoms with Crippen molar-refractivity contribution < 1.29 is 37.0 Å². The van der Waals surface area contributed by atoms with Crippen molar-refractivity contribution in [3.63, 3.8) is 0 Å². The van der Waals surface area contributed by atoms with Crippen molar-refractivity contribution in [2.45, 2.75) is 51.4 Å². The fraction of sp³-hybridized carbons (Fsp3) is 0.500. The summed E-state index contributed by atoms with van der Waals surface area (Å²) in [5, 5.41) is 9.47. The number of hydrogen-bond donors (Lipinski definition) is 2. The van der Waals surface area contributed by atoms with Crippen molar-refractivity contribution in [1.29, 1.82) is 0 Å². The van der Waals surface area contributed by atoms with E-state index >= 15 is 0 Å². The van der Waals surface area contributed by atoms with Gasteiger partial charge < -0.3 is 34.5 Å². The minimum absolute atomic E-state index is 0.0118. The van der Waals surface area contributed by atoms with Crippen LogP contribution in [0.5, 0.6) is 0 Å². The highest BCUT2D eigenvalue weighted by molar-refractivity contribution is 6.33. The molecule has 0 bridgehead atoms. The third kappa shape index (κ3) is 7.49. The summed E-state index contributed by atoms with van der Waals surface area (Å²) in [4.78, 5) is 60.9. The maximum absolute atomic E-state index is 14.1. The first kappa shape index (κ1) is 35.3. The number of halogens is 4. The molecule has 0 saturated carbocycles. The van der Waals surface area contributed by atoms with Gasteiger partial charge in [0.25, 0.3) is 5.56 Å². The van der Waals surface area contributed by atoms with Crippen LogP contribution in [0.3, 0.4) is 0 Å². The van der Waals surface area contributed by atoms with Gasteiger partial charge in [0, 0.05) is 32.8 Å². The summed E-state index contributed by atoms with van der Waals surface area (Å²) in [6.45, 7) is 3.75. The van der Waals surface area contributed by atoms with E-state index < -0.39 is 29.3 Å². The van der Waals surface area contributed by atoms with Crippen LogP contribution in [0.15, 0.2) is 29.1 Å². The lowest BCUT2D eigenvalue weighted by Gasteiger charge is -2.37. The molecule has 50 heavy (non-hydrogen) atoms. The van der Waals surface area contributed by atoms with Gasteiger partial charge in [0.2, 0.25) is 23.5 Å². The highest BCUT2D eigenvalue weighted by atomic mass is 35.5. The zero-order valence-electron chi connectivity index (χ0n) is 27.2. The smallest absolute Gasteiger partial charge is 0.377 e. The first-order valence-corrected chi connectivity index (χ1v) is 16.7. The molecular weight excluding hydrogens is 685 g/mol.